The van der Waals surface area contributed by atoms with Gasteiger partial charge in [-0.15, -0.1) is 0 Å². The van der Waals surface area contributed by atoms with Gasteiger partial charge in [0.2, 0.25) is 11.8 Å². The van der Waals surface area contributed by atoms with Gasteiger partial charge in [-0.25, -0.2) is 0 Å². The lowest BCUT2D eigenvalue weighted by Crippen LogP contribution is -2.34. The first-order valence-electron chi connectivity index (χ1n) is 10.1. The summed E-state index contributed by atoms with van der Waals surface area (Å²) in [5.41, 5.74) is 5.04. The molecule has 4 rings (SSSR count). The Hall–Kier alpha value is -2.63. The SMILES string of the molecule is Cc1nn(C)c(C)c1CN(C(=O)Cc1ccc(NC(=O)C2CC2)cc1)C1CC1. The minimum absolute atomic E-state index is 0.103. The first-order chi connectivity index (χ1) is 13.4. The molecule has 2 amide bonds. The predicted molar refractivity (Wildman–Crippen MR) is 108 cm³/mol. The third kappa shape index (κ3) is 4.11. The van der Waals surface area contributed by atoms with Crippen LogP contribution in [0.2, 0.25) is 0 Å². The third-order valence-electron chi connectivity index (χ3n) is 5.82. The van der Waals surface area contributed by atoms with Crippen LogP contribution in [0.25, 0.3) is 0 Å². The smallest absolute Gasteiger partial charge is 0.227 e. The number of benzene rings is 1. The van der Waals surface area contributed by atoms with E-state index in [2.05, 4.69) is 17.3 Å². The molecule has 2 saturated carbocycles. The zero-order valence-corrected chi connectivity index (χ0v) is 16.9. The van der Waals surface area contributed by atoms with Crippen molar-refractivity contribution in [3.63, 3.8) is 0 Å². The molecule has 148 valence electrons. The minimum Gasteiger partial charge on any atom is -0.335 e. The van der Waals surface area contributed by atoms with E-state index in [1.807, 2.05) is 47.8 Å². The lowest BCUT2D eigenvalue weighted by Gasteiger charge is -2.23. The topological polar surface area (TPSA) is 67.2 Å². The van der Waals surface area contributed by atoms with Gasteiger partial charge in [-0.05, 0) is 57.2 Å². The molecular formula is C22H28N4O2. The fourth-order valence-electron chi connectivity index (χ4n) is 3.60. The molecule has 2 aromatic rings. The molecular weight excluding hydrogens is 352 g/mol. The number of aromatic nitrogens is 2. The zero-order chi connectivity index (χ0) is 19.8. The molecule has 6 nitrogen and oxygen atoms in total. The largest absolute Gasteiger partial charge is 0.335 e. The molecule has 1 aromatic carbocycles. The van der Waals surface area contributed by atoms with Crippen molar-refractivity contribution in [2.24, 2.45) is 13.0 Å². The molecule has 0 radical (unpaired) electrons. The van der Waals surface area contributed by atoms with Gasteiger partial charge < -0.3 is 10.2 Å². The number of rotatable bonds is 7. The summed E-state index contributed by atoms with van der Waals surface area (Å²) in [4.78, 5) is 26.9. The summed E-state index contributed by atoms with van der Waals surface area (Å²) in [5.74, 6) is 0.443. The molecule has 0 aliphatic heterocycles. The van der Waals surface area contributed by atoms with Gasteiger partial charge in [0.1, 0.15) is 0 Å². The van der Waals surface area contributed by atoms with Crippen LogP contribution in [0.15, 0.2) is 24.3 Å². The normalized spacial score (nSPS) is 16.1. The van der Waals surface area contributed by atoms with Gasteiger partial charge in [0.15, 0.2) is 0 Å². The maximum absolute atomic E-state index is 13.0. The van der Waals surface area contributed by atoms with Crippen molar-refractivity contribution in [2.45, 2.75) is 58.5 Å². The second-order valence-corrected chi connectivity index (χ2v) is 8.16. The third-order valence-corrected chi connectivity index (χ3v) is 5.82. The zero-order valence-electron chi connectivity index (χ0n) is 16.9. The van der Waals surface area contributed by atoms with Crippen molar-refractivity contribution in [1.82, 2.24) is 14.7 Å². The van der Waals surface area contributed by atoms with Crippen molar-refractivity contribution < 1.29 is 9.59 Å². The van der Waals surface area contributed by atoms with Crippen molar-refractivity contribution in [1.29, 1.82) is 0 Å². The van der Waals surface area contributed by atoms with Gasteiger partial charge in [0.05, 0.1) is 12.1 Å². The number of nitrogens with one attached hydrogen (secondary N) is 1. The van der Waals surface area contributed by atoms with Crippen LogP contribution in [0.5, 0.6) is 0 Å². The van der Waals surface area contributed by atoms with E-state index in [1.54, 1.807) is 0 Å². The van der Waals surface area contributed by atoms with Crippen LogP contribution in [0, 0.1) is 19.8 Å². The monoisotopic (exact) mass is 380 g/mol. The number of carbonyl (C=O) groups excluding carboxylic acids is 2. The minimum atomic E-state index is 0.103. The lowest BCUT2D eigenvalue weighted by molar-refractivity contribution is -0.131. The highest BCUT2D eigenvalue weighted by Crippen LogP contribution is 2.31. The van der Waals surface area contributed by atoms with Crippen LogP contribution in [0.1, 0.15) is 48.2 Å². The molecule has 0 unspecified atom stereocenters. The Kier molecular flexibility index (Phi) is 4.96. The highest BCUT2D eigenvalue weighted by atomic mass is 16.2. The number of aryl methyl sites for hydroxylation is 2. The summed E-state index contributed by atoms with van der Waals surface area (Å²) in [7, 11) is 1.94. The number of carbonyl (C=O) groups is 2. The summed E-state index contributed by atoms with van der Waals surface area (Å²) in [6.45, 7) is 4.69. The van der Waals surface area contributed by atoms with Gasteiger partial charge in [-0.2, -0.15) is 5.10 Å². The van der Waals surface area contributed by atoms with Crippen molar-refractivity contribution in [3.8, 4) is 0 Å². The van der Waals surface area contributed by atoms with Crippen molar-refractivity contribution in [2.75, 3.05) is 5.32 Å². The Labute approximate surface area is 165 Å². The van der Waals surface area contributed by atoms with E-state index in [9.17, 15) is 9.59 Å². The molecule has 2 aliphatic rings. The van der Waals surface area contributed by atoms with Gasteiger partial charge in [-0.1, -0.05) is 12.1 Å². The lowest BCUT2D eigenvalue weighted by atomic mass is 10.1. The van der Waals surface area contributed by atoms with Gasteiger partial charge in [0.25, 0.3) is 0 Å². The molecule has 0 bridgehead atoms. The van der Waals surface area contributed by atoms with Gasteiger partial charge >= 0.3 is 0 Å². The number of hydrogen-bond acceptors (Lipinski definition) is 3. The fraction of sp³-hybridized carbons (Fsp3) is 0.500. The standard InChI is InChI=1S/C22H28N4O2/c1-14-20(15(2)25(3)24-14)13-26(19-10-11-19)21(27)12-16-4-8-18(9-5-16)23-22(28)17-6-7-17/h4-5,8-9,17,19H,6-7,10-13H2,1-3H3,(H,23,28). The van der Waals surface area contributed by atoms with E-state index in [4.69, 9.17) is 0 Å². The van der Waals surface area contributed by atoms with Crippen LogP contribution in [-0.2, 0) is 29.6 Å². The Morgan fingerprint density at radius 1 is 1.14 bits per heavy atom. The average molecular weight is 380 g/mol. The molecule has 6 heteroatoms. The first-order valence-corrected chi connectivity index (χ1v) is 10.1. The summed E-state index contributed by atoms with van der Waals surface area (Å²) >= 11 is 0. The number of hydrogen-bond donors (Lipinski definition) is 1. The molecule has 0 atom stereocenters. The van der Waals surface area contributed by atoms with Crippen LogP contribution in [0.4, 0.5) is 5.69 Å². The summed E-state index contributed by atoms with van der Waals surface area (Å²) in [6, 6.07) is 8.00. The Bertz CT molecular complexity index is 892. The highest BCUT2D eigenvalue weighted by Gasteiger charge is 2.33. The fourth-order valence-corrected chi connectivity index (χ4v) is 3.60. The van der Waals surface area contributed by atoms with E-state index in [1.165, 1.54) is 0 Å². The summed E-state index contributed by atoms with van der Waals surface area (Å²) < 4.78 is 1.88. The molecule has 2 aliphatic carbocycles. The van der Waals surface area contributed by atoms with Gasteiger partial charge in [0, 0.05) is 42.5 Å². The van der Waals surface area contributed by atoms with E-state index < -0.39 is 0 Å². The molecule has 28 heavy (non-hydrogen) atoms. The maximum Gasteiger partial charge on any atom is 0.227 e. The maximum atomic E-state index is 13.0. The van der Waals surface area contributed by atoms with Crippen LogP contribution in [-0.4, -0.2) is 32.5 Å². The Morgan fingerprint density at radius 2 is 1.82 bits per heavy atom. The predicted octanol–water partition coefficient (Wildman–Crippen LogP) is 3.12. The quantitative estimate of drug-likeness (QED) is 0.802. The van der Waals surface area contributed by atoms with Crippen molar-refractivity contribution >= 4 is 17.5 Å². The number of anilines is 1. The first kappa shape index (κ1) is 18.7. The van der Waals surface area contributed by atoms with Crippen LogP contribution >= 0.6 is 0 Å². The Balaban J connectivity index is 1.41. The highest BCUT2D eigenvalue weighted by molar-refractivity contribution is 5.94. The van der Waals surface area contributed by atoms with Crippen molar-refractivity contribution in [3.05, 3.63) is 46.8 Å². The molecule has 0 spiro atoms. The second-order valence-electron chi connectivity index (χ2n) is 8.16. The van der Waals surface area contributed by atoms with E-state index in [-0.39, 0.29) is 17.7 Å². The average Bonchev–Trinajstić information content (AvgIpc) is 3.55. The van der Waals surface area contributed by atoms with E-state index in [0.717, 1.165) is 53.9 Å². The number of nitrogens with zero attached hydrogens (tertiary/aromatic N) is 3. The van der Waals surface area contributed by atoms with E-state index >= 15 is 0 Å². The molecule has 1 N–H and O–H groups in total. The number of amides is 2. The molecule has 1 aromatic heterocycles. The van der Waals surface area contributed by atoms with Gasteiger partial charge in [-0.3, -0.25) is 14.3 Å². The van der Waals surface area contributed by atoms with Crippen LogP contribution in [0.3, 0.4) is 0 Å². The molecule has 1 heterocycles. The summed E-state index contributed by atoms with van der Waals surface area (Å²) in [5, 5.41) is 7.42. The molecule has 2 fully saturated rings. The molecule has 0 saturated heterocycles. The van der Waals surface area contributed by atoms with Crippen LogP contribution < -0.4 is 5.32 Å². The van der Waals surface area contributed by atoms with E-state index in [0.29, 0.717) is 19.0 Å². The second kappa shape index (κ2) is 7.41. The Morgan fingerprint density at radius 3 is 2.36 bits per heavy atom. The summed E-state index contributed by atoms with van der Waals surface area (Å²) in [6.07, 6.45) is 4.52.